The summed E-state index contributed by atoms with van der Waals surface area (Å²) in [6.07, 6.45) is 1.45. The summed E-state index contributed by atoms with van der Waals surface area (Å²) in [6.45, 7) is 5.38. The van der Waals surface area contributed by atoms with Crippen LogP contribution in [0.25, 0.3) is 5.82 Å². The lowest BCUT2D eigenvalue weighted by Gasteiger charge is -2.27. The first-order valence-corrected chi connectivity index (χ1v) is 12.0. The van der Waals surface area contributed by atoms with Crippen LogP contribution in [0.15, 0.2) is 51.8 Å². The van der Waals surface area contributed by atoms with E-state index < -0.39 is 15.6 Å². The van der Waals surface area contributed by atoms with E-state index in [2.05, 4.69) is 19.8 Å². The highest BCUT2D eigenvalue weighted by atomic mass is 32.2. The molecule has 34 heavy (non-hydrogen) atoms. The van der Waals surface area contributed by atoms with Crippen LogP contribution in [0.4, 0.5) is 0 Å². The van der Waals surface area contributed by atoms with Gasteiger partial charge in [0.05, 0.1) is 16.9 Å². The minimum absolute atomic E-state index is 0.0719. The van der Waals surface area contributed by atoms with Gasteiger partial charge in [-0.25, -0.2) is 18.1 Å². The Balaban J connectivity index is 1.49. The third kappa shape index (κ3) is 4.86. The minimum atomic E-state index is -3.66. The van der Waals surface area contributed by atoms with E-state index in [4.69, 9.17) is 10.5 Å². The molecule has 3 heterocycles. The van der Waals surface area contributed by atoms with Gasteiger partial charge < -0.3 is 15.8 Å². The van der Waals surface area contributed by atoms with Crippen molar-refractivity contribution >= 4 is 21.8 Å². The van der Waals surface area contributed by atoms with Crippen LogP contribution >= 0.6 is 0 Å². The van der Waals surface area contributed by atoms with E-state index in [1.807, 2.05) is 0 Å². The number of nitrogens with two attached hydrogens (primary N) is 1. The lowest BCUT2D eigenvalue weighted by molar-refractivity contribution is 0.0880. The third-order valence-electron chi connectivity index (χ3n) is 5.07. The Kier molecular flexibility index (Phi) is 5.77. The summed E-state index contributed by atoms with van der Waals surface area (Å²) in [6, 6.07) is 9.49. The minimum Gasteiger partial charge on any atom is -0.490 e. The van der Waals surface area contributed by atoms with Gasteiger partial charge in [-0.05, 0) is 44.5 Å². The fraction of sp³-hybridized carbons (Fsp3) is 0.273. The van der Waals surface area contributed by atoms with E-state index >= 15 is 0 Å². The van der Waals surface area contributed by atoms with E-state index in [0.29, 0.717) is 34.0 Å². The first kappa shape index (κ1) is 23.2. The molecular formula is C22H24N6O5S. The largest absolute Gasteiger partial charge is 0.490 e. The predicted octanol–water partition coefficient (Wildman–Crippen LogP) is 1.01. The molecule has 11 nitrogen and oxygen atoms in total. The molecule has 2 aromatic heterocycles. The quantitative estimate of drug-likeness (QED) is 0.470. The van der Waals surface area contributed by atoms with Crippen molar-refractivity contribution in [2.24, 2.45) is 10.1 Å². The maximum atomic E-state index is 12.9. The molecule has 4 rings (SSSR count). The number of carbonyl (C=O) groups is 1. The third-order valence-corrected chi connectivity index (χ3v) is 6.22. The number of aryl methyl sites for hydroxylation is 1. The summed E-state index contributed by atoms with van der Waals surface area (Å²) in [7, 11) is -3.66. The molecule has 0 radical (unpaired) electrons. The van der Waals surface area contributed by atoms with Crippen molar-refractivity contribution < 1.29 is 17.9 Å². The average Bonchev–Trinajstić information content (AvgIpc) is 3.09. The average molecular weight is 485 g/mol. The molecule has 1 aromatic carbocycles. The lowest BCUT2D eigenvalue weighted by atomic mass is 10.0. The molecule has 1 aliphatic heterocycles. The molecule has 12 heteroatoms. The highest BCUT2D eigenvalue weighted by molar-refractivity contribution is 7.89. The number of hydrogen-bond acceptors (Lipinski definition) is 7. The molecule has 0 bridgehead atoms. The van der Waals surface area contributed by atoms with E-state index in [9.17, 15) is 18.0 Å². The van der Waals surface area contributed by atoms with Crippen LogP contribution in [0.5, 0.6) is 5.75 Å². The number of amidine groups is 1. The molecule has 0 aliphatic carbocycles. The number of rotatable bonds is 6. The number of carbonyl (C=O) groups excluding carboxylic acids is 1. The molecular weight excluding hydrogens is 460 g/mol. The Morgan fingerprint density at radius 1 is 1.29 bits per heavy atom. The molecule has 1 amide bonds. The number of nitrogens with zero attached hydrogens (tertiary/aromatic N) is 3. The Morgan fingerprint density at radius 2 is 2.06 bits per heavy atom. The van der Waals surface area contributed by atoms with Crippen LogP contribution in [0.2, 0.25) is 0 Å². The van der Waals surface area contributed by atoms with Crippen molar-refractivity contribution in [3.05, 3.63) is 75.3 Å². The highest BCUT2D eigenvalue weighted by Gasteiger charge is 2.27. The number of sulfonamides is 1. The SMILES string of the molecule is Cc1cc(=O)n(-c2cc(C(=O)NC(C)(C)COc3cccc4c3C(N)=NS(=O)(=O)C4)ccn2)[nH]1. The fourth-order valence-electron chi connectivity index (χ4n) is 3.57. The Bertz CT molecular complexity index is 1470. The number of hydrogen-bond donors (Lipinski definition) is 3. The lowest BCUT2D eigenvalue weighted by Crippen LogP contribution is -2.48. The van der Waals surface area contributed by atoms with Gasteiger partial charge in [0.1, 0.15) is 18.2 Å². The number of aromatic amines is 1. The van der Waals surface area contributed by atoms with Crippen molar-refractivity contribution in [2.45, 2.75) is 32.1 Å². The van der Waals surface area contributed by atoms with Crippen LogP contribution in [0.3, 0.4) is 0 Å². The number of amides is 1. The fourth-order valence-corrected chi connectivity index (χ4v) is 4.66. The Labute approximate surface area is 195 Å². The maximum absolute atomic E-state index is 12.9. The van der Waals surface area contributed by atoms with E-state index in [0.717, 1.165) is 0 Å². The van der Waals surface area contributed by atoms with Crippen LogP contribution in [-0.4, -0.2) is 47.1 Å². The van der Waals surface area contributed by atoms with Gasteiger partial charge in [-0.3, -0.25) is 14.7 Å². The first-order valence-electron chi connectivity index (χ1n) is 10.3. The number of H-pyrrole nitrogens is 1. The van der Waals surface area contributed by atoms with Crippen LogP contribution in [-0.2, 0) is 15.8 Å². The summed E-state index contributed by atoms with van der Waals surface area (Å²) >= 11 is 0. The van der Waals surface area contributed by atoms with Crippen LogP contribution < -0.4 is 21.3 Å². The molecule has 0 atom stereocenters. The number of benzene rings is 1. The number of aromatic nitrogens is 3. The van der Waals surface area contributed by atoms with Gasteiger partial charge in [0.15, 0.2) is 5.82 Å². The van der Waals surface area contributed by atoms with E-state index in [1.54, 1.807) is 45.0 Å². The number of pyridine rings is 1. The van der Waals surface area contributed by atoms with Gasteiger partial charge in [0, 0.05) is 23.5 Å². The van der Waals surface area contributed by atoms with Gasteiger partial charge >= 0.3 is 0 Å². The van der Waals surface area contributed by atoms with Gasteiger partial charge in [0.25, 0.3) is 21.5 Å². The predicted molar refractivity (Wildman–Crippen MR) is 126 cm³/mol. The van der Waals surface area contributed by atoms with Crippen molar-refractivity contribution in [2.75, 3.05) is 6.61 Å². The molecule has 0 spiro atoms. The molecule has 0 saturated carbocycles. The zero-order chi connectivity index (χ0) is 24.7. The monoisotopic (exact) mass is 484 g/mol. The standard InChI is InChI=1S/C22H24N6O5S/c1-13-9-18(29)28(26-13)17-10-14(7-8-24-17)21(30)25-22(2,3)12-33-16-6-4-5-15-11-34(31,32)27-20(23)19(15)16/h4-10,26H,11-12H2,1-3H3,(H2,23,27)(H,25,30). The molecule has 4 N–H and O–H groups in total. The molecule has 3 aromatic rings. The second-order valence-electron chi connectivity index (χ2n) is 8.64. The Morgan fingerprint density at radius 3 is 2.76 bits per heavy atom. The maximum Gasteiger partial charge on any atom is 0.272 e. The van der Waals surface area contributed by atoms with Crippen LogP contribution in [0, 0.1) is 6.92 Å². The first-order chi connectivity index (χ1) is 15.9. The van der Waals surface area contributed by atoms with E-state index in [-0.39, 0.29) is 29.7 Å². The van der Waals surface area contributed by atoms with Crippen molar-refractivity contribution in [1.29, 1.82) is 0 Å². The molecule has 178 valence electrons. The second-order valence-corrected chi connectivity index (χ2v) is 10.3. The summed E-state index contributed by atoms with van der Waals surface area (Å²) in [5.41, 5.74) is 6.72. The summed E-state index contributed by atoms with van der Waals surface area (Å²) < 4.78 is 34.5. The zero-order valence-electron chi connectivity index (χ0n) is 18.8. The van der Waals surface area contributed by atoms with Gasteiger partial charge in [-0.1, -0.05) is 12.1 Å². The van der Waals surface area contributed by atoms with Crippen molar-refractivity contribution in [3.8, 4) is 11.6 Å². The normalized spacial score (nSPS) is 14.7. The molecule has 0 saturated heterocycles. The van der Waals surface area contributed by atoms with Gasteiger partial charge in [-0.2, -0.15) is 0 Å². The summed E-state index contributed by atoms with van der Waals surface area (Å²) in [5, 5.41) is 5.78. The van der Waals surface area contributed by atoms with Gasteiger partial charge in [0.2, 0.25) is 0 Å². The topological polar surface area (TPSA) is 162 Å². The molecule has 1 aliphatic rings. The summed E-state index contributed by atoms with van der Waals surface area (Å²) in [5.74, 6) is -0.0912. The van der Waals surface area contributed by atoms with Crippen LogP contribution in [0.1, 0.15) is 41.0 Å². The highest BCUT2D eigenvalue weighted by Crippen LogP contribution is 2.28. The number of ether oxygens (including phenoxy) is 1. The molecule has 0 fully saturated rings. The number of nitrogens with one attached hydrogen (secondary N) is 2. The smallest absolute Gasteiger partial charge is 0.272 e. The molecule has 0 unspecified atom stereocenters. The number of fused-ring (bicyclic) bond motifs is 1. The van der Waals surface area contributed by atoms with Crippen molar-refractivity contribution in [3.63, 3.8) is 0 Å². The Hall–Kier alpha value is -3.93. The summed E-state index contributed by atoms with van der Waals surface area (Å²) in [4.78, 5) is 29.1. The van der Waals surface area contributed by atoms with E-state index in [1.165, 1.54) is 23.0 Å². The van der Waals surface area contributed by atoms with Gasteiger partial charge in [-0.15, -0.1) is 4.40 Å². The zero-order valence-corrected chi connectivity index (χ0v) is 19.6. The second kappa shape index (κ2) is 8.45. The van der Waals surface area contributed by atoms with Crippen molar-refractivity contribution in [1.82, 2.24) is 20.1 Å².